The molecule has 1 N–H and O–H groups in total. The third-order valence-electron chi connectivity index (χ3n) is 4.44. The topological polar surface area (TPSA) is 44.8 Å². The highest BCUT2D eigenvalue weighted by Gasteiger charge is 2.23. The van der Waals surface area contributed by atoms with Gasteiger partial charge < -0.3 is 15.0 Å². The van der Waals surface area contributed by atoms with E-state index in [4.69, 9.17) is 4.74 Å². The molecule has 5 heteroatoms. The molecule has 1 aromatic rings. The molecular weight excluding hydrogens is 278 g/mol. The summed E-state index contributed by atoms with van der Waals surface area (Å²) in [6.45, 7) is 5.13. The summed E-state index contributed by atoms with van der Waals surface area (Å²) < 4.78 is 5.28. The van der Waals surface area contributed by atoms with Crippen LogP contribution >= 0.6 is 0 Å². The van der Waals surface area contributed by atoms with Crippen molar-refractivity contribution in [2.45, 2.75) is 12.8 Å². The largest absolute Gasteiger partial charge is 0.497 e. The summed E-state index contributed by atoms with van der Waals surface area (Å²) in [5.41, 5.74) is 1.19. The van der Waals surface area contributed by atoms with Crippen LogP contribution in [0.25, 0.3) is 0 Å². The zero-order chi connectivity index (χ0) is 15.4. The van der Waals surface area contributed by atoms with E-state index in [1.54, 1.807) is 7.11 Å². The number of benzene rings is 1. The fourth-order valence-electron chi connectivity index (χ4n) is 2.81. The number of hydrogen-bond acceptors (Lipinski definition) is 4. The van der Waals surface area contributed by atoms with E-state index in [2.05, 4.69) is 27.2 Å². The van der Waals surface area contributed by atoms with Crippen LogP contribution in [0.1, 0.15) is 12.8 Å². The molecule has 5 nitrogen and oxygen atoms in total. The molecule has 1 amide bonds. The van der Waals surface area contributed by atoms with Gasteiger partial charge in [0.2, 0.25) is 5.91 Å². The van der Waals surface area contributed by atoms with Crippen molar-refractivity contribution in [3.63, 3.8) is 0 Å². The van der Waals surface area contributed by atoms with Gasteiger partial charge in [-0.25, -0.2) is 0 Å². The molecule has 120 valence electrons. The number of anilines is 1. The molecule has 0 unspecified atom stereocenters. The summed E-state index contributed by atoms with van der Waals surface area (Å²) in [5.74, 6) is 1.80. The van der Waals surface area contributed by atoms with Gasteiger partial charge in [-0.3, -0.25) is 9.69 Å². The Morgan fingerprint density at radius 1 is 1.27 bits per heavy atom. The van der Waals surface area contributed by atoms with Gasteiger partial charge in [0.1, 0.15) is 5.75 Å². The molecule has 0 aromatic heterocycles. The number of nitrogens with one attached hydrogen (secondary N) is 1. The number of rotatable bonds is 6. The number of hydrogen-bond donors (Lipinski definition) is 1. The van der Waals surface area contributed by atoms with Crippen LogP contribution < -0.4 is 15.0 Å². The van der Waals surface area contributed by atoms with Crippen LogP contribution in [-0.4, -0.2) is 57.2 Å². The molecule has 0 radical (unpaired) electrons. The second-order valence-electron chi connectivity index (χ2n) is 6.21. The summed E-state index contributed by atoms with van der Waals surface area (Å²) in [6.07, 6.45) is 2.55. The molecule has 22 heavy (non-hydrogen) atoms. The Balaban J connectivity index is 1.44. The number of piperazine rings is 1. The fourth-order valence-corrected chi connectivity index (χ4v) is 2.81. The number of methoxy groups -OCH3 is 1. The van der Waals surface area contributed by atoms with Gasteiger partial charge in [-0.15, -0.1) is 0 Å². The van der Waals surface area contributed by atoms with Gasteiger partial charge in [-0.05, 0) is 30.9 Å². The Hall–Kier alpha value is -1.75. The third-order valence-corrected chi connectivity index (χ3v) is 4.44. The molecule has 1 aliphatic heterocycles. The highest BCUT2D eigenvalue weighted by molar-refractivity contribution is 5.78. The van der Waals surface area contributed by atoms with Crippen molar-refractivity contribution >= 4 is 11.6 Å². The molecule has 2 aliphatic rings. The first-order valence-corrected chi connectivity index (χ1v) is 8.12. The molecule has 1 aromatic carbocycles. The van der Waals surface area contributed by atoms with Gasteiger partial charge in [0.15, 0.2) is 0 Å². The van der Waals surface area contributed by atoms with Gasteiger partial charge in [0, 0.05) is 44.5 Å². The molecule has 0 spiro atoms. The zero-order valence-electron chi connectivity index (χ0n) is 13.3. The van der Waals surface area contributed by atoms with Gasteiger partial charge in [-0.1, -0.05) is 6.07 Å². The van der Waals surface area contributed by atoms with E-state index < -0.39 is 0 Å². The molecular formula is C17H25N3O2. The second-order valence-corrected chi connectivity index (χ2v) is 6.21. The Bertz CT molecular complexity index is 508. The van der Waals surface area contributed by atoms with Crippen LogP contribution in [0.5, 0.6) is 5.75 Å². The summed E-state index contributed by atoms with van der Waals surface area (Å²) in [4.78, 5) is 16.5. The standard InChI is InChI=1S/C17H25N3O2/c1-22-16-4-2-3-15(11-16)20-9-7-19(8-10-20)13-17(21)18-12-14-5-6-14/h2-4,11,14H,5-10,12-13H2,1H3,(H,18,21). The monoisotopic (exact) mass is 303 g/mol. The average molecular weight is 303 g/mol. The van der Waals surface area contributed by atoms with Crippen molar-refractivity contribution in [1.29, 1.82) is 0 Å². The lowest BCUT2D eigenvalue weighted by Gasteiger charge is -2.35. The van der Waals surface area contributed by atoms with Crippen molar-refractivity contribution in [2.24, 2.45) is 5.92 Å². The first-order valence-electron chi connectivity index (χ1n) is 8.12. The van der Waals surface area contributed by atoms with Gasteiger partial charge in [0.25, 0.3) is 0 Å². The maximum Gasteiger partial charge on any atom is 0.234 e. The van der Waals surface area contributed by atoms with E-state index in [1.807, 2.05) is 12.1 Å². The van der Waals surface area contributed by atoms with Gasteiger partial charge in [-0.2, -0.15) is 0 Å². The predicted octanol–water partition coefficient (Wildman–Crippen LogP) is 1.34. The van der Waals surface area contributed by atoms with Crippen LogP contribution in [-0.2, 0) is 4.79 Å². The predicted molar refractivity (Wildman–Crippen MR) is 87.4 cm³/mol. The normalized spacial score (nSPS) is 19.0. The Labute approximate surface area is 132 Å². The number of carbonyl (C=O) groups is 1. The van der Waals surface area contributed by atoms with E-state index in [1.165, 1.54) is 18.5 Å². The van der Waals surface area contributed by atoms with Crippen LogP contribution in [0.15, 0.2) is 24.3 Å². The zero-order valence-corrected chi connectivity index (χ0v) is 13.3. The van der Waals surface area contributed by atoms with Crippen molar-refractivity contribution in [1.82, 2.24) is 10.2 Å². The van der Waals surface area contributed by atoms with E-state index in [0.29, 0.717) is 6.54 Å². The lowest BCUT2D eigenvalue weighted by molar-refractivity contribution is -0.122. The maximum absolute atomic E-state index is 11.9. The molecule has 1 aliphatic carbocycles. The van der Waals surface area contributed by atoms with Crippen molar-refractivity contribution < 1.29 is 9.53 Å². The Kier molecular flexibility index (Phi) is 4.83. The molecule has 1 heterocycles. The summed E-state index contributed by atoms with van der Waals surface area (Å²) >= 11 is 0. The quantitative estimate of drug-likeness (QED) is 0.861. The molecule has 0 bridgehead atoms. The Morgan fingerprint density at radius 3 is 2.73 bits per heavy atom. The SMILES string of the molecule is COc1cccc(N2CCN(CC(=O)NCC3CC3)CC2)c1. The first-order chi connectivity index (χ1) is 10.7. The lowest BCUT2D eigenvalue weighted by Crippen LogP contribution is -2.49. The van der Waals surface area contributed by atoms with Crippen molar-refractivity contribution in [3.8, 4) is 5.75 Å². The maximum atomic E-state index is 11.9. The van der Waals surface area contributed by atoms with E-state index in [-0.39, 0.29) is 5.91 Å². The lowest BCUT2D eigenvalue weighted by atomic mass is 10.2. The highest BCUT2D eigenvalue weighted by Crippen LogP contribution is 2.27. The van der Waals surface area contributed by atoms with Crippen LogP contribution in [0.3, 0.4) is 0 Å². The molecule has 1 saturated carbocycles. The van der Waals surface area contributed by atoms with Crippen molar-refractivity contribution in [2.75, 3.05) is 51.3 Å². The number of carbonyl (C=O) groups excluding carboxylic acids is 1. The van der Waals surface area contributed by atoms with Gasteiger partial charge in [0.05, 0.1) is 13.7 Å². The first kappa shape index (κ1) is 15.2. The summed E-state index contributed by atoms with van der Waals surface area (Å²) in [7, 11) is 1.69. The van der Waals surface area contributed by atoms with Crippen LogP contribution in [0.2, 0.25) is 0 Å². The minimum atomic E-state index is 0.168. The third kappa shape index (κ3) is 4.13. The molecule has 0 atom stereocenters. The Morgan fingerprint density at radius 2 is 2.05 bits per heavy atom. The van der Waals surface area contributed by atoms with Crippen LogP contribution in [0.4, 0.5) is 5.69 Å². The average Bonchev–Trinajstić information content (AvgIpc) is 3.38. The van der Waals surface area contributed by atoms with Gasteiger partial charge >= 0.3 is 0 Å². The van der Waals surface area contributed by atoms with E-state index in [0.717, 1.165) is 44.4 Å². The van der Waals surface area contributed by atoms with E-state index >= 15 is 0 Å². The van der Waals surface area contributed by atoms with Crippen molar-refractivity contribution in [3.05, 3.63) is 24.3 Å². The highest BCUT2D eigenvalue weighted by atomic mass is 16.5. The molecule has 3 rings (SSSR count). The van der Waals surface area contributed by atoms with E-state index in [9.17, 15) is 4.79 Å². The van der Waals surface area contributed by atoms with Crippen LogP contribution in [0, 0.1) is 5.92 Å². The number of nitrogens with zero attached hydrogens (tertiary/aromatic N) is 2. The number of amides is 1. The fraction of sp³-hybridized carbons (Fsp3) is 0.588. The number of ether oxygens (including phenoxy) is 1. The molecule has 1 saturated heterocycles. The molecule has 2 fully saturated rings. The minimum Gasteiger partial charge on any atom is -0.497 e. The summed E-state index contributed by atoms with van der Waals surface area (Å²) in [5, 5.41) is 3.04. The second kappa shape index (κ2) is 7.01. The smallest absolute Gasteiger partial charge is 0.234 e. The summed E-state index contributed by atoms with van der Waals surface area (Å²) in [6, 6.07) is 8.16. The minimum absolute atomic E-state index is 0.168.